The molecule has 3 saturated carbocycles. The third kappa shape index (κ3) is 4.88. The third-order valence-corrected chi connectivity index (χ3v) is 7.50. The van der Waals surface area contributed by atoms with Crippen LogP contribution in [-0.4, -0.2) is 31.2 Å². The second-order valence-electron chi connectivity index (χ2n) is 9.24. The number of halogens is 1. The third-order valence-electron chi connectivity index (χ3n) is 7.50. The van der Waals surface area contributed by atoms with E-state index in [1.165, 1.54) is 5.56 Å². The van der Waals surface area contributed by atoms with E-state index in [-0.39, 0.29) is 29.9 Å². The van der Waals surface area contributed by atoms with Crippen molar-refractivity contribution < 1.29 is 18.7 Å². The van der Waals surface area contributed by atoms with E-state index in [0.717, 1.165) is 44.1 Å². The maximum Gasteiger partial charge on any atom is 0.226 e. The number of nitrogens with zero attached hydrogens (tertiary/aromatic N) is 1. The monoisotopic (exact) mass is 453 g/mol. The minimum atomic E-state index is -0.262. The summed E-state index contributed by atoms with van der Waals surface area (Å²) in [5, 5.41) is 3.14. The number of nitrogens with one attached hydrogen (secondary N) is 1. The molecule has 0 aliphatic heterocycles. The van der Waals surface area contributed by atoms with Gasteiger partial charge in [-0.3, -0.25) is 4.79 Å². The summed E-state index contributed by atoms with van der Waals surface area (Å²) in [5.41, 5.74) is 8.03. The fourth-order valence-electron chi connectivity index (χ4n) is 5.18. The van der Waals surface area contributed by atoms with Crippen LogP contribution >= 0.6 is 0 Å². The molecule has 7 heteroatoms. The van der Waals surface area contributed by atoms with E-state index in [0.29, 0.717) is 30.1 Å². The van der Waals surface area contributed by atoms with Crippen LogP contribution in [0.25, 0.3) is 0 Å². The summed E-state index contributed by atoms with van der Waals surface area (Å²) in [6, 6.07) is 11.9. The molecular weight excluding hydrogens is 421 g/mol. The Hall–Kier alpha value is -2.93. The van der Waals surface area contributed by atoms with Gasteiger partial charge < -0.3 is 20.5 Å². The predicted molar refractivity (Wildman–Crippen MR) is 125 cm³/mol. The minimum Gasteiger partial charge on any atom is -0.489 e. The summed E-state index contributed by atoms with van der Waals surface area (Å²) in [4.78, 5) is 17.3. The van der Waals surface area contributed by atoms with Gasteiger partial charge in [0.15, 0.2) is 0 Å². The van der Waals surface area contributed by atoms with Crippen molar-refractivity contribution in [2.45, 2.75) is 50.5 Å². The number of pyridine rings is 1. The Kier molecular flexibility index (Phi) is 6.98. The zero-order valence-corrected chi connectivity index (χ0v) is 19.1. The van der Waals surface area contributed by atoms with Gasteiger partial charge in [0.25, 0.3) is 0 Å². The number of hydrogen-bond donors (Lipinski definition) is 2. The molecule has 0 atom stereocenters. The van der Waals surface area contributed by atoms with Crippen LogP contribution < -0.4 is 20.5 Å². The Morgan fingerprint density at radius 1 is 1.12 bits per heavy atom. The quantitative estimate of drug-likeness (QED) is 0.595. The normalized spacial score (nSPS) is 24.4. The van der Waals surface area contributed by atoms with Crippen LogP contribution in [0.1, 0.15) is 49.7 Å². The number of fused-ring (bicyclic) bond motifs is 3. The minimum absolute atomic E-state index is 0.127. The molecule has 0 radical (unpaired) electrons. The number of rotatable bonds is 9. The first-order valence-electron chi connectivity index (χ1n) is 11.5. The van der Waals surface area contributed by atoms with Gasteiger partial charge in [-0.05, 0) is 67.2 Å². The summed E-state index contributed by atoms with van der Waals surface area (Å²) in [5.74, 6) is 1.43. The summed E-state index contributed by atoms with van der Waals surface area (Å²) in [6.07, 6.45) is 7.97. The molecule has 2 bridgehead atoms. The van der Waals surface area contributed by atoms with Crippen LogP contribution in [0.15, 0.2) is 54.5 Å². The molecule has 2 aromatic rings. The highest BCUT2D eigenvalue weighted by Crippen LogP contribution is 2.57. The molecule has 0 unspecified atom stereocenters. The number of amides is 1. The number of nitrogens with two attached hydrogens (primary N) is 1. The van der Waals surface area contributed by atoms with E-state index >= 15 is 0 Å². The summed E-state index contributed by atoms with van der Waals surface area (Å²) >= 11 is 0. The van der Waals surface area contributed by atoms with Crippen LogP contribution in [0.2, 0.25) is 0 Å². The number of ether oxygens (including phenoxy) is 2. The molecule has 176 valence electrons. The fourth-order valence-corrected chi connectivity index (χ4v) is 5.18. The number of carbonyl (C=O) groups excluding carboxylic acids is 1. The van der Waals surface area contributed by atoms with Crippen LogP contribution in [-0.2, 0) is 16.8 Å². The van der Waals surface area contributed by atoms with Crippen LogP contribution in [0.5, 0.6) is 11.6 Å². The van der Waals surface area contributed by atoms with Gasteiger partial charge in [-0.1, -0.05) is 18.2 Å². The molecule has 0 spiro atoms. The number of methoxy groups -OCH3 is 1. The van der Waals surface area contributed by atoms with Crippen molar-refractivity contribution in [2.24, 2.45) is 11.1 Å². The number of carbonyl (C=O) groups is 1. The van der Waals surface area contributed by atoms with Gasteiger partial charge in [-0.25, -0.2) is 9.37 Å². The average molecular weight is 454 g/mol. The molecular formula is C26H32FN3O3. The maximum absolute atomic E-state index is 13.1. The summed E-state index contributed by atoms with van der Waals surface area (Å²) in [6.45, 7) is 0.777. The lowest BCUT2D eigenvalue weighted by Crippen LogP contribution is -2.51. The van der Waals surface area contributed by atoms with Crippen molar-refractivity contribution in [3.63, 3.8) is 0 Å². The van der Waals surface area contributed by atoms with Crippen molar-refractivity contribution in [3.8, 4) is 11.6 Å². The molecule has 33 heavy (non-hydrogen) atoms. The zero-order chi connectivity index (χ0) is 23.3. The van der Waals surface area contributed by atoms with Crippen LogP contribution in [0.4, 0.5) is 4.39 Å². The zero-order valence-electron chi connectivity index (χ0n) is 19.1. The smallest absolute Gasteiger partial charge is 0.226 e. The first-order chi connectivity index (χ1) is 16.0. The first kappa shape index (κ1) is 23.2. The first-order valence-corrected chi connectivity index (χ1v) is 11.5. The van der Waals surface area contributed by atoms with E-state index in [1.807, 2.05) is 18.2 Å². The largest absolute Gasteiger partial charge is 0.489 e. The van der Waals surface area contributed by atoms with Gasteiger partial charge in [0.2, 0.25) is 11.8 Å². The highest BCUT2D eigenvalue weighted by molar-refractivity contribution is 5.83. The van der Waals surface area contributed by atoms with Gasteiger partial charge in [0, 0.05) is 36.3 Å². The molecule has 1 amide bonds. The Balaban J connectivity index is 1.33. The molecule has 3 N–H and O–H groups in total. The number of aromatic nitrogens is 1. The van der Waals surface area contributed by atoms with Crippen molar-refractivity contribution >= 4 is 5.91 Å². The van der Waals surface area contributed by atoms with Crippen molar-refractivity contribution in [2.75, 3.05) is 20.3 Å². The lowest BCUT2D eigenvalue weighted by molar-refractivity contribution is -0.138. The highest BCUT2D eigenvalue weighted by atomic mass is 19.1. The highest BCUT2D eigenvalue weighted by Gasteiger charge is 2.52. The molecule has 3 aliphatic rings. The van der Waals surface area contributed by atoms with Gasteiger partial charge in [-0.2, -0.15) is 0 Å². The van der Waals surface area contributed by atoms with Gasteiger partial charge in [-0.15, -0.1) is 0 Å². The molecule has 1 heterocycles. The standard InChI is InChI=1S/C26H32FN3O3/c1-32-23-7-2-19(16-29-23)17-30-24(31)26-11-8-25(9-12-26,10-13-26)21-3-5-22(6-4-21)33-18-20(14-27)15-28/h2-7,14,16H,8-13,15,17-18,28H2,1H3,(H,30,31). The lowest BCUT2D eigenvalue weighted by Gasteiger charge is -2.52. The predicted octanol–water partition coefficient (Wildman–Crippen LogP) is 4.19. The van der Waals surface area contributed by atoms with E-state index in [1.54, 1.807) is 19.4 Å². The SMILES string of the molecule is COc1ccc(CNC(=O)C23CCC(c4ccc(OCC(=CF)CN)cc4)(CC2)CC3)cn1. The topological polar surface area (TPSA) is 86.5 Å². The Morgan fingerprint density at radius 2 is 1.82 bits per heavy atom. The second-order valence-corrected chi connectivity index (χ2v) is 9.24. The van der Waals surface area contributed by atoms with Gasteiger partial charge >= 0.3 is 0 Å². The van der Waals surface area contributed by atoms with Gasteiger partial charge in [0.1, 0.15) is 12.4 Å². The lowest BCUT2D eigenvalue weighted by atomic mass is 9.51. The maximum atomic E-state index is 13.1. The van der Waals surface area contributed by atoms with Crippen LogP contribution in [0.3, 0.4) is 0 Å². The number of hydrogen-bond acceptors (Lipinski definition) is 5. The van der Waals surface area contributed by atoms with E-state index < -0.39 is 0 Å². The van der Waals surface area contributed by atoms with E-state index in [9.17, 15) is 9.18 Å². The molecule has 3 aliphatic carbocycles. The molecule has 6 nitrogen and oxygen atoms in total. The fraction of sp³-hybridized carbons (Fsp3) is 0.462. The molecule has 1 aromatic heterocycles. The van der Waals surface area contributed by atoms with Gasteiger partial charge in [0.05, 0.1) is 13.4 Å². The Bertz CT molecular complexity index is 964. The van der Waals surface area contributed by atoms with E-state index in [4.69, 9.17) is 15.2 Å². The number of benzene rings is 1. The van der Waals surface area contributed by atoms with E-state index in [2.05, 4.69) is 22.4 Å². The molecule has 1 aromatic carbocycles. The van der Waals surface area contributed by atoms with Crippen molar-refractivity contribution in [3.05, 3.63) is 65.6 Å². The average Bonchev–Trinajstić information content (AvgIpc) is 2.89. The molecule has 3 fully saturated rings. The Labute approximate surface area is 194 Å². The van der Waals surface area contributed by atoms with Crippen LogP contribution in [0, 0.1) is 5.41 Å². The molecule has 0 saturated heterocycles. The Morgan fingerprint density at radius 3 is 2.36 bits per heavy atom. The summed E-state index contributed by atoms with van der Waals surface area (Å²) < 4.78 is 23.4. The second kappa shape index (κ2) is 9.91. The summed E-state index contributed by atoms with van der Waals surface area (Å²) in [7, 11) is 1.59. The van der Waals surface area contributed by atoms with Crippen molar-refractivity contribution in [1.29, 1.82) is 0 Å². The van der Waals surface area contributed by atoms with Crippen molar-refractivity contribution in [1.82, 2.24) is 10.3 Å². The molecule has 5 rings (SSSR count).